The van der Waals surface area contributed by atoms with Crippen LogP contribution in [-0.2, 0) is 21.1 Å². The highest BCUT2D eigenvalue weighted by atomic mass is 14.9. The van der Waals surface area contributed by atoms with Gasteiger partial charge >= 0.3 is 0 Å². The number of fused-ring (bicyclic) bond motifs is 9. The minimum atomic E-state index is 0.868. The standard InChI is InChI=1S/C48H37N7/c1-53-24-18-32(19-25-53)45-37-10-12-39(49-37)46(33-20-26-54(2)27-21-33)41-14-16-43(51-41)48(36-9-8-31-6-4-5-7-35(31)30-36)44-17-15-42(52-44)47(40-13-11-38(45)50-40)34-22-28-55(3)29-23-34/h4-30H,1-3H3,(H,49,50,51,52)/q+2/p+1. The Labute approximate surface area is 318 Å². The molecule has 0 spiro atoms. The molecule has 2 N–H and O–H groups in total. The molecule has 0 radical (unpaired) electrons. The largest absolute Gasteiger partial charge is 0.354 e. The second kappa shape index (κ2) is 13.0. The van der Waals surface area contributed by atoms with Crippen LogP contribution in [0, 0.1) is 0 Å². The number of aromatic nitrogens is 7. The van der Waals surface area contributed by atoms with Crippen LogP contribution < -0.4 is 13.7 Å². The molecule has 2 aliphatic rings. The molecule has 6 aromatic heterocycles. The van der Waals surface area contributed by atoms with Crippen LogP contribution in [0.2, 0.25) is 0 Å². The molecule has 0 unspecified atom stereocenters. The second-order valence-corrected chi connectivity index (χ2v) is 14.3. The summed E-state index contributed by atoms with van der Waals surface area (Å²) in [5, 5.41) is 2.36. The van der Waals surface area contributed by atoms with Gasteiger partial charge in [-0.15, -0.1) is 0 Å². The normalized spacial score (nSPS) is 12.1. The molecular formula is C48H38N7+3. The summed E-state index contributed by atoms with van der Waals surface area (Å²) >= 11 is 0. The summed E-state index contributed by atoms with van der Waals surface area (Å²) in [6.45, 7) is 0. The smallest absolute Gasteiger partial charge is 0.169 e. The van der Waals surface area contributed by atoms with Gasteiger partial charge in [0.2, 0.25) is 0 Å². The lowest BCUT2D eigenvalue weighted by Gasteiger charge is -2.08. The van der Waals surface area contributed by atoms with E-state index in [4.69, 9.17) is 9.97 Å². The minimum Gasteiger partial charge on any atom is -0.354 e. The fourth-order valence-electron chi connectivity index (χ4n) is 7.77. The monoisotopic (exact) mass is 712 g/mol. The van der Waals surface area contributed by atoms with Crippen LogP contribution in [0.15, 0.2) is 140 Å². The number of aromatic amines is 2. The number of nitrogens with zero attached hydrogens (tertiary/aromatic N) is 5. The minimum absolute atomic E-state index is 0.868. The zero-order chi connectivity index (χ0) is 37.0. The molecule has 10 rings (SSSR count). The van der Waals surface area contributed by atoms with Crippen LogP contribution in [0.5, 0.6) is 0 Å². The van der Waals surface area contributed by atoms with E-state index in [2.05, 4.69) is 188 Å². The number of benzene rings is 2. The van der Waals surface area contributed by atoms with Gasteiger partial charge in [-0.2, -0.15) is 0 Å². The molecule has 0 aliphatic carbocycles. The average molecular weight is 713 g/mol. The maximum atomic E-state index is 5.44. The van der Waals surface area contributed by atoms with E-state index in [0.717, 1.165) is 89.4 Å². The molecule has 262 valence electrons. The maximum absolute atomic E-state index is 5.44. The first-order chi connectivity index (χ1) is 26.9. The highest BCUT2D eigenvalue weighted by molar-refractivity contribution is 6.00. The zero-order valence-corrected chi connectivity index (χ0v) is 30.8. The molecule has 0 fully saturated rings. The third-order valence-electron chi connectivity index (χ3n) is 10.6. The fourth-order valence-corrected chi connectivity index (χ4v) is 7.77. The third kappa shape index (κ3) is 5.83. The molecule has 8 aromatic rings. The van der Waals surface area contributed by atoms with E-state index in [1.807, 2.05) is 21.1 Å². The summed E-state index contributed by atoms with van der Waals surface area (Å²) in [6.07, 6.45) is 21.1. The highest BCUT2D eigenvalue weighted by Gasteiger charge is 2.20. The van der Waals surface area contributed by atoms with Crippen molar-refractivity contribution in [2.75, 3.05) is 0 Å². The Morgan fingerprint density at radius 1 is 0.364 bits per heavy atom. The second-order valence-electron chi connectivity index (χ2n) is 14.3. The summed E-state index contributed by atoms with van der Waals surface area (Å²) < 4.78 is 6.17. The van der Waals surface area contributed by atoms with Crippen molar-refractivity contribution in [1.82, 2.24) is 19.9 Å². The van der Waals surface area contributed by atoms with Gasteiger partial charge in [0.15, 0.2) is 37.2 Å². The Bertz CT molecular complexity index is 2890. The molecule has 7 heteroatoms. The fraction of sp³-hybridized carbons (Fsp3) is 0.0625. The number of hydrogen-bond donors (Lipinski definition) is 2. The van der Waals surface area contributed by atoms with E-state index in [9.17, 15) is 0 Å². The topological polar surface area (TPSA) is 69.0 Å². The van der Waals surface area contributed by atoms with Crippen LogP contribution >= 0.6 is 0 Å². The lowest BCUT2D eigenvalue weighted by Crippen LogP contribution is -2.25. The molecule has 8 bridgehead atoms. The first-order valence-corrected chi connectivity index (χ1v) is 18.5. The molecule has 0 amide bonds. The number of nitrogens with one attached hydrogen (secondary N) is 2. The van der Waals surface area contributed by atoms with Gasteiger partial charge in [-0.25, -0.2) is 23.7 Å². The van der Waals surface area contributed by atoms with Gasteiger partial charge in [-0.3, -0.25) is 0 Å². The zero-order valence-electron chi connectivity index (χ0n) is 30.8. The quantitative estimate of drug-likeness (QED) is 0.179. The summed E-state index contributed by atoms with van der Waals surface area (Å²) in [7, 11) is 6.12. The number of rotatable bonds is 4. The number of hydrogen-bond acceptors (Lipinski definition) is 2. The summed E-state index contributed by atoms with van der Waals surface area (Å²) in [6, 6.07) is 36.8. The first-order valence-electron chi connectivity index (χ1n) is 18.5. The van der Waals surface area contributed by atoms with Crippen molar-refractivity contribution >= 4 is 57.1 Å². The van der Waals surface area contributed by atoms with Gasteiger partial charge in [0.25, 0.3) is 0 Å². The summed E-state index contributed by atoms with van der Waals surface area (Å²) in [4.78, 5) is 18.6. The van der Waals surface area contributed by atoms with E-state index < -0.39 is 0 Å². The van der Waals surface area contributed by atoms with Crippen molar-refractivity contribution < 1.29 is 13.7 Å². The van der Waals surface area contributed by atoms with E-state index in [1.165, 1.54) is 10.8 Å². The van der Waals surface area contributed by atoms with Gasteiger partial charge < -0.3 is 9.97 Å². The summed E-state index contributed by atoms with van der Waals surface area (Å²) in [5.41, 5.74) is 15.9. The Morgan fingerprint density at radius 2 is 0.745 bits per heavy atom. The number of aryl methyl sites for hydroxylation is 3. The third-order valence-corrected chi connectivity index (χ3v) is 10.6. The molecule has 0 atom stereocenters. The molecule has 0 saturated carbocycles. The van der Waals surface area contributed by atoms with Crippen LogP contribution in [0.4, 0.5) is 0 Å². The molecule has 2 aromatic carbocycles. The van der Waals surface area contributed by atoms with Gasteiger partial charge in [0.05, 0.1) is 22.8 Å². The van der Waals surface area contributed by atoms with Crippen molar-refractivity contribution in [2.45, 2.75) is 0 Å². The summed E-state index contributed by atoms with van der Waals surface area (Å²) in [5.74, 6) is 0. The predicted molar refractivity (Wildman–Crippen MR) is 222 cm³/mol. The van der Waals surface area contributed by atoms with E-state index in [-0.39, 0.29) is 0 Å². The number of pyridine rings is 3. The van der Waals surface area contributed by atoms with Gasteiger partial charge in [0, 0.05) is 80.7 Å². The molecule has 7 nitrogen and oxygen atoms in total. The Kier molecular flexibility index (Phi) is 7.66. The Hall–Kier alpha value is -7.25. The van der Waals surface area contributed by atoms with Crippen molar-refractivity contribution in [1.29, 1.82) is 0 Å². The van der Waals surface area contributed by atoms with Crippen LogP contribution in [0.3, 0.4) is 0 Å². The number of H-pyrrole nitrogens is 2. The van der Waals surface area contributed by atoms with E-state index >= 15 is 0 Å². The van der Waals surface area contributed by atoms with Crippen molar-refractivity contribution in [3.8, 4) is 44.5 Å². The van der Waals surface area contributed by atoms with Crippen molar-refractivity contribution in [3.63, 3.8) is 0 Å². The highest BCUT2D eigenvalue weighted by Crippen LogP contribution is 2.38. The molecule has 2 aliphatic heterocycles. The molecule has 55 heavy (non-hydrogen) atoms. The van der Waals surface area contributed by atoms with Crippen molar-refractivity contribution in [2.24, 2.45) is 21.1 Å². The van der Waals surface area contributed by atoms with Gasteiger partial charge in [0.1, 0.15) is 21.1 Å². The average Bonchev–Trinajstić information content (AvgIpc) is 4.05. The van der Waals surface area contributed by atoms with E-state index in [0.29, 0.717) is 0 Å². The van der Waals surface area contributed by atoms with Crippen LogP contribution in [-0.4, -0.2) is 19.9 Å². The van der Waals surface area contributed by atoms with Gasteiger partial charge in [-0.1, -0.05) is 36.4 Å². The van der Waals surface area contributed by atoms with Crippen molar-refractivity contribution in [3.05, 3.63) is 163 Å². The first kappa shape index (κ1) is 32.4. The Morgan fingerprint density at radius 3 is 1.20 bits per heavy atom. The van der Waals surface area contributed by atoms with Gasteiger partial charge in [-0.05, 0) is 87.7 Å². The lowest BCUT2D eigenvalue weighted by atomic mass is 9.99. The molecule has 8 heterocycles. The predicted octanol–water partition coefficient (Wildman–Crippen LogP) is 8.95. The Balaban J connectivity index is 1.38. The van der Waals surface area contributed by atoms with E-state index in [1.54, 1.807) is 0 Å². The lowest BCUT2D eigenvalue weighted by molar-refractivity contribution is -0.671. The van der Waals surface area contributed by atoms with Crippen LogP contribution in [0.1, 0.15) is 22.8 Å². The maximum Gasteiger partial charge on any atom is 0.169 e. The molecule has 0 saturated heterocycles. The van der Waals surface area contributed by atoms with Crippen LogP contribution in [0.25, 0.3) is 102 Å². The SMILES string of the molecule is C[n+]1ccc(-c2c3nc(c(-c4ccc5ccccc5c4)c4nc(c(-c5cc[n+](C)cc5)c5ccc([nH]5)c(-c5cc[n+](C)cc5)c5ccc2[nH]5)C=C4)C=C3)cc1. The molecular weight excluding hydrogens is 675 g/mol.